The van der Waals surface area contributed by atoms with Crippen LogP contribution in [0.2, 0.25) is 0 Å². The second-order valence-corrected chi connectivity index (χ2v) is 5.28. The zero-order valence-electron chi connectivity index (χ0n) is 12.6. The quantitative estimate of drug-likeness (QED) is 0.716. The Morgan fingerprint density at radius 3 is 1.19 bits per heavy atom. The molecule has 1 aliphatic rings. The first-order valence-corrected chi connectivity index (χ1v) is 6.95. The number of hydrogen-bond acceptors (Lipinski definition) is 2. The normalized spacial score (nSPS) is 28.1. The molecule has 2 heteroatoms. The Kier molecular flexibility index (Phi) is 7.25. The fourth-order valence-electron chi connectivity index (χ4n) is 2.62. The van der Waals surface area contributed by atoms with Crippen LogP contribution in [0.25, 0.3) is 0 Å². The molecule has 0 spiro atoms. The van der Waals surface area contributed by atoms with Crippen molar-refractivity contribution in [3.63, 3.8) is 0 Å². The van der Waals surface area contributed by atoms with Gasteiger partial charge in [0.1, 0.15) is 0 Å². The van der Waals surface area contributed by atoms with E-state index in [-0.39, 0.29) is 0 Å². The lowest BCUT2D eigenvalue weighted by Gasteiger charge is -2.47. The summed E-state index contributed by atoms with van der Waals surface area (Å²) in [6.07, 6.45) is 0. The summed E-state index contributed by atoms with van der Waals surface area (Å²) < 4.78 is 0. The van der Waals surface area contributed by atoms with Gasteiger partial charge in [-0.3, -0.25) is 9.80 Å². The molecule has 0 N–H and O–H groups in total. The molecule has 1 aliphatic heterocycles. The highest BCUT2D eigenvalue weighted by molar-refractivity contribution is 4.87. The third-order valence-corrected chi connectivity index (χ3v) is 3.41. The highest BCUT2D eigenvalue weighted by atomic mass is 15.3. The average Bonchev–Trinajstić information content (AvgIpc) is 2.23. The Labute approximate surface area is 103 Å². The number of piperazine rings is 1. The average molecular weight is 228 g/mol. The minimum absolute atomic E-state index is 0.682. The molecule has 1 rings (SSSR count). The maximum absolute atomic E-state index is 2.61. The predicted octanol–water partition coefficient (Wildman–Crippen LogP) is 3.22. The fourth-order valence-corrected chi connectivity index (χ4v) is 2.62. The maximum atomic E-state index is 2.61. The van der Waals surface area contributed by atoms with E-state index < -0.39 is 0 Å². The van der Waals surface area contributed by atoms with Crippen LogP contribution in [0, 0.1) is 0 Å². The topological polar surface area (TPSA) is 6.48 Å². The van der Waals surface area contributed by atoms with Crippen molar-refractivity contribution in [1.82, 2.24) is 9.80 Å². The van der Waals surface area contributed by atoms with Crippen LogP contribution in [0.1, 0.15) is 55.4 Å². The fraction of sp³-hybridized carbons (Fsp3) is 1.00. The molecule has 0 aromatic heterocycles. The van der Waals surface area contributed by atoms with Gasteiger partial charge in [-0.05, 0) is 41.5 Å². The molecule has 0 radical (unpaired) electrons. The van der Waals surface area contributed by atoms with Crippen molar-refractivity contribution >= 4 is 0 Å². The van der Waals surface area contributed by atoms with Gasteiger partial charge in [0.2, 0.25) is 0 Å². The molecule has 0 amide bonds. The van der Waals surface area contributed by atoms with Crippen molar-refractivity contribution in [3.05, 3.63) is 0 Å². The zero-order chi connectivity index (χ0) is 12.9. The lowest BCUT2D eigenvalue weighted by molar-refractivity contribution is 0.00740. The van der Waals surface area contributed by atoms with Crippen LogP contribution in [0.3, 0.4) is 0 Å². The monoisotopic (exact) mass is 228 g/mol. The Hall–Kier alpha value is -0.0800. The molecule has 98 valence electrons. The summed E-state index contributed by atoms with van der Waals surface area (Å²) in [6.45, 7) is 20.3. The Balaban J connectivity index is 0.00000106. The Morgan fingerprint density at radius 1 is 0.750 bits per heavy atom. The van der Waals surface area contributed by atoms with Gasteiger partial charge in [0.15, 0.2) is 0 Å². The van der Waals surface area contributed by atoms with E-state index in [1.807, 2.05) is 13.8 Å². The highest BCUT2D eigenvalue weighted by Gasteiger charge is 2.31. The van der Waals surface area contributed by atoms with Crippen molar-refractivity contribution in [2.75, 3.05) is 13.1 Å². The molecule has 1 unspecified atom stereocenters. The Bertz CT molecular complexity index is 158. The largest absolute Gasteiger partial charge is 0.295 e. The second-order valence-electron chi connectivity index (χ2n) is 5.28. The van der Waals surface area contributed by atoms with E-state index in [4.69, 9.17) is 0 Å². The van der Waals surface area contributed by atoms with Crippen molar-refractivity contribution in [2.24, 2.45) is 0 Å². The third-order valence-electron chi connectivity index (χ3n) is 3.41. The van der Waals surface area contributed by atoms with Gasteiger partial charge in [-0.15, -0.1) is 0 Å². The number of hydrogen-bond donors (Lipinski definition) is 0. The van der Waals surface area contributed by atoms with Crippen molar-refractivity contribution in [2.45, 2.75) is 79.6 Å². The van der Waals surface area contributed by atoms with Gasteiger partial charge in [-0.1, -0.05) is 13.8 Å². The van der Waals surface area contributed by atoms with Gasteiger partial charge >= 0.3 is 0 Å². The highest BCUT2D eigenvalue weighted by Crippen LogP contribution is 2.19. The second kappa shape index (κ2) is 7.29. The summed E-state index contributed by atoms with van der Waals surface area (Å²) in [4.78, 5) is 5.23. The van der Waals surface area contributed by atoms with Crippen LogP contribution in [0.15, 0.2) is 0 Å². The lowest BCUT2D eigenvalue weighted by atomic mass is 10.0. The molecule has 1 saturated heterocycles. The van der Waals surface area contributed by atoms with E-state index in [0.717, 1.165) is 0 Å². The minimum atomic E-state index is 0.682. The summed E-state index contributed by atoms with van der Waals surface area (Å²) in [6, 6.07) is 2.77. The summed E-state index contributed by atoms with van der Waals surface area (Å²) in [5, 5.41) is 0. The summed E-state index contributed by atoms with van der Waals surface area (Å²) in [5.74, 6) is 0. The van der Waals surface area contributed by atoms with Gasteiger partial charge in [-0.25, -0.2) is 0 Å². The molecule has 2 nitrogen and oxygen atoms in total. The number of nitrogens with zero attached hydrogens (tertiary/aromatic N) is 2. The van der Waals surface area contributed by atoms with E-state index in [1.54, 1.807) is 0 Å². The van der Waals surface area contributed by atoms with E-state index in [0.29, 0.717) is 24.2 Å². The molecule has 2 atom stereocenters. The van der Waals surface area contributed by atoms with Gasteiger partial charge in [0.05, 0.1) is 0 Å². The minimum Gasteiger partial charge on any atom is -0.295 e. The molecule has 0 aromatic rings. The van der Waals surface area contributed by atoms with Gasteiger partial charge in [0.25, 0.3) is 0 Å². The third kappa shape index (κ3) is 4.06. The van der Waals surface area contributed by atoms with Crippen LogP contribution in [0.5, 0.6) is 0 Å². The molecule has 1 heterocycles. The van der Waals surface area contributed by atoms with Gasteiger partial charge < -0.3 is 0 Å². The van der Waals surface area contributed by atoms with Crippen LogP contribution < -0.4 is 0 Å². The predicted molar refractivity (Wildman–Crippen MR) is 74.0 cm³/mol. The van der Waals surface area contributed by atoms with Crippen LogP contribution in [-0.2, 0) is 0 Å². The van der Waals surface area contributed by atoms with E-state index in [2.05, 4.69) is 51.3 Å². The van der Waals surface area contributed by atoms with Crippen molar-refractivity contribution in [3.8, 4) is 0 Å². The standard InChI is InChI=1S/C12H26N2.C2H6/c1-9(2)13-7-12(6)14(10(3)4)8-11(13)5;1-2/h9-12H,7-8H2,1-6H3;1-2H3/t11-,12?;/m1./s1. The van der Waals surface area contributed by atoms with E-state index in [1.165, 1.54) is 13.1 Å². The zero-order valence-corrected chi connectivity index (χ0v) is 12.6. The van der Waals surface area contributed by atoms with Crippen LogP contribution >= 0.6 is 0 Å². The summed E-state index contributed by atoms with van der Waals surface area (Å²) >= 11 is 0. The SMILES string of the molecule is CC.CC(C)N1C[C@@H](C)N(C(C)C)CC1C. The smallest absolute Gasteiger partial charge is 0.0198 e. The molecule has 16 heavy (non-hydrogen) atoms. The van der Waals surface area contributed by atoms with E-state index >= 15 is 0 Å². The summed E-state index contributed by atoms with van der Waals surface area (Å²) in [5.41, 5.74) is 0. The van der Waals surface area contributed by atoms with Crippen LogP contribution in [0.4, 0.5) is 0 Å². The maximum Gasteiger partial charge on any atom is 0.0198 e. The van der Waals surface area contributed by atoms with Crippen molar-refractivity contribution in [1.29, 1.82) is 0 Å². The molecular formula is C14H32N2. The summed E-state index contributed by atoms with van der Waals surface area (Å²) in [7, 11) is 0. The first-order valence-electron chi connectivity index (χ1n) is 6.95. The first-order chi connectivity index (χ1) is 7.43. The molecular weight excluding hydrogens is 196 g/mol. The number of rotatable bonds is 2. The molecule has 1 fully saturated rings. The van der Waals surface area contributed by atoms with Crippen molar-refractivity contribution < 1.29 is 0 Å². The molecule has 0 bridgehead atoms. The Morgan fingerprint density at radius 2 is 1.00 bits per heavy atom. The molecule has 0 saturated carbocycles. The lowest BCUT2D eigenvalue weighted by Crippen LogP contribution is -2.59. The van der Waals surface area contributed by atoms with Gasteiger partial charge in [0, 0.05) is 37.3 Å². The molecule has 0 aliphatic carbocycles. The van der Waals surface area contributed by atoms with Crippen LogP contribution in [-0.4, -0.2) is 47.1 Å². The molecule has 0 aromatic carbocycles. The van der Waals surface area contributed by atoms with Gasteiger partial charge in [-0.2, -0.15) is 0 Å². The van der Waals surface area contributed by atoms with E-state index in [9.17, 15) is 0 Å². The first kappa shape index (κ1) is 15.9.